The molecule has 4 heteroatoms. The van der Waals surface area contributed by atoms with Crippen molar-refractivity contribution in [3.8, 4) is 6.07 Å². The van der Waals surface area contributed by atoms with Gasteiger partial charge in [0.15, 0.2) is 0 Å². The predicted octanol–water partition coefficient (Wildman–Crippen LogP) is 0.324. The van der Waals surface area contributed by atoms with Crippen LogP contribution in [0.5, 0.6) is 0 Å². The highest BCUT2D eigenvalue weighted by molar-refractivity contribution is 5.38. The van der Waals surface area contributed by atoms with Gasteiger partial charge in [0, 0.05) is 13.1 Å². The maximum atomic E-state index is 8.52. The summed E-state index contributed by atoms with van der Waals surface area (Å²) in [5.41, 5.74) is 5.71. The van der Waals surface area contributed by atoms with Gasteiger partial charge in [-0.1, -0.05) is 6.07 Å². The molecule has 1 aromatic heterocycles. The second kappa shape index (κ2) is 4.31. The van der Waals surface area contributed by atoms with E-state index < -0.39 is 0 Å². The molecule has 0 bridgehead atoms. The number of nitrogens with two attached hydrogens (primary N) is 1. The van der Waals surface area contributed by atoms with Crippen LogP contribution in [0.2, 0.25) is 0 Å². The molecule has 1 rings (SSSR count). The van der Waals surface area contributed by atoms with Gasteiger partial charge in [-0.15, -0.1) is 0 Å². The van der Waals surface area contributed by atoms with Crippen LogP contribution in [0, 0.1) is 11.3 Å². The fourth-order valence-electron chi connectivity index (χ4n) is 0.796. The number of nitrogens with zero attached hydrogens (tertiary/aromatic N) is 2. The van der Waals surface area contributed by atoms with Crippen molar-refractivity contribution in [1.82, 2.24) is 4.98 Å². The Morgan fingerprint density at radius 1 is 1.58 bits per heavy atom. The van der Waals surface area contributed by atoms with Crippen molar-refractivity contribution in [1.29, 1.82) is 5.26 Å². The summed E-state index contributed by atoms with van der Waals surface area (Å²) in [7, 11) is 0. The highest BCUT2D eigenvalue weighted by atomic mass is 15.0. The molecule has 0 radical (unpaired) electrons. The maximum absolute atomic E-state index is 8.52. The summed E-state index contributed by atoms with van der Waals surface area (Å²) in [5.74, 6) is 0.694. The van der Waals surface area contributed by atoms with Gasteiger partial charge in [0.05, 0.1) is 0 Å². The van der Waals surface area contributed by atoms with E-state index in [4.69, 9.17) is 11.0 Å². The minimum absolute atomic E-state index is 0.414. The number of nitrogens with one attached hydrogen (secondary N) is 1. The van der Waals surface area contributed by atoms with Gasteiger partial charge >= 0.3 is 0 Å². The van der Waals surface area contributed by atoms with Gasteiger partial charge in [-0.05, 0) is 12.1 Å². The van der Waals surface area contributed by atoms with Crippen molar-refractivity contribution in [2.75, 3.05) is 18.4 Å². The normalized spacial score (nSPS) is 9.00. The first-order chi connectivity index (χ1) is 5.86. The Bertz CT molecular complexity index is 289. The SMILES string of the molecule is N#Cc1cccc(NCCN)n1. The van der Waals surface area contributed by atoms with Gasteiger partial charge < -0.3 is 11.1 Å². The number of hydrogen-bond acceptors (Lipinski definition) is 4. The lowest BCUT2D eigenvalue weighted by molar-refractivity contribution is 1.01. The Kier molecular flexibility index (Phi) is 3.05. The summed E-state index contributed by atoms with van der Waals surface area (Å²) in [6, 6.07) is 7.21. The minimum Gasteiger partial charge on any atom is -0.369 e. The van der Waals surface area contributed by atoms with Crippen LogP contribution in [-0.2, 0) is 0 Å². The van der Waals surface area contributed by atoms with E-state index in [1.807, 2.05) is 6.07 Å². The monoisotopic (exact) mass is 162 g/mol. The Labute approximate surface area is 71.0 Å². The molecule has 0 aliphatic rings. The van der Waals surface area contributed by atoms with Crippen LogP contribution in [-0.4, -0.2) is 18.1 Å². The Hall–Kier alpha value is -1.60. The third kappa shape index (κ3) is 2.22. The van der Waals surface area contributed by atoms with E-state index in [9.17, 15) is 0 Å². The first-order valence-corrected chi connectivity index (χ1v) is 3.68. The van der Waals surface area contributed by atoms with E-state index in [1.165, 1.54) is 0 Å². The van der Waals surface area contributed by atoms with Crippen molar-refractivity contribution in [3.63, 3.8) is 0 Å². The summed E-state index contributed by atoms with van der Waals surface area (Å²) < 4.78 is 0. The van der Waals surface area contributed by atoms with Crippen LogP contribution in [0.15, 0.2) is 18.2 Å². The largest absolute Gasteiger partial charge is 0.369 e. The average molecular weight is 162 g/mol. The van der Waals surface area contributed by atoms with E-state index >= 15 is 0 Å². The van der Waals surface area contributed by atoms with Gasteiger partial charge in [-0.2, -0.15) is 5.26 Å². The summed E-state index contributed by atoms with van der Waals surface area (Å²) >= 11 is 0. The van der Waals surface area contributed by atoms with Crippen LogP contribution in [0.1, 0.15) is 5.69 Å². The second-order valence-electron chi connectivity index (χ2n) is 2.24. The van der Waals surface area contributed by atoms with E-state index in [2.05, 4.69) is 10.3 Å². The van der Waals surface area contributed by atoms with Crippen LogP contribution >= 0.6 is 0 Å². The fraction of sp³-hybridized carbons (Fsp3) is 0.250. The van der Waals surface area contributed by atoms with Crippen molar-refractivity contribution in [2.24, 2.45) is 5.73 Å². The Balaban J connectivity index is 2.68. The zero-order valence-electron chi connectivity index (χ0n) is 6.62. The van der Waals surface area contributed by atoms with Gasteiger partial charge in [-0.3, -0.25) is 0 Å². The van der Waals surface area contributed by atoms with Crippen LogP contribution in [0.25, 0.3) is 0 Å². The van der Waals surface area contributed by atoms with E-state index in [-0.39, 0.29) is 0 Å². The third-order valence-corrected chi connectivity index (χ3v) is 1.31. The molecule has 0 aromatic carbocycles. The second-order valence-corrected chi connectivity index (χ2v) is 2.24. The zero-order valence-corrected chi connectivity index (χ0v) is 6.62. The highest BCUT2D eigenvalue weighted by Gasteiger charge is 1.93. The molecule has 1 heterocycles. The lowest BCUT2D eigenvalue weighted by atomic mass is 10.3. The Morgan fingerprint density at radius 3 is 3.08 bits per heavy atom. The lowest BCUT2D eigenvalue weighted by Gasteiger charge is -2.01. The molecular weight excluding hydrogens is 152 g/mol. The molecule has 0 spiro atoms. The molecule has 0 amide bonds. The van der Waals surface area contributed by atoms with Crippen molar-refractivity contribution >= 4 is 5.82 Å². The molecule has 0 atom stereocenters. The summed E-state index contributed by atoms with van der Waals surface area (Å²) in [6.07, 6.45) is 0. The molecule has 3 N–H and O–H groups in total. The average Bonchev–Trinajstić information content (AvgIpc) is 2.15. The smallest absolute Gasteiger partial charge is 0.142 e. The van der Waals surface area contributed by atoms with E-state index in [0.29, 0.717) is 24.6 Å². The molecule has 0 saturated heterocycles. The summed E-state index contributed by atoms with van der Waals surface area (Å²) in [6.45, 7) is 1.22. The molecule has 0 aliphatic carbocycles. The molecule has 12 heavy (non-hydrogen) atoms. The van der Waals surface area contributed by atoms with Crippen LogP contribution in [0.4, 0.5) is 5.82 Å². The number of nitriles is 1. The van der Waals surface area contributed by atoms with Crippen LogP contribution < -0.4 is 11.1 Å². The molecule has 4 nitrogen and oxygen atoms in total. The summed E-state index contributed by atoms with van der Waals surface area (Å²) in [4.78, 5) is 4.00. The summed E-state index contributed by atoms with van der Waals surface area (Å²) in [5, 5.41) is 11.5. The highest BCUT2D eigenvalue weighted by Crippen LogP contribution is 2.02. The molecular formula is C8H10N4. The molecule has 0 fully saturated rings. The molecule has 1 aromatic rings. The number of anilines is 1. The fourth-order valence-corrected chi connectivity index (χ4v) is 0.796. The third-order valence-electron chi connectivity index (χ3n) is 1.31. The number of rotatable bonds is 3. The quantitative estimate of drug-likeness (QED) is 0.671. The van der Waals surface area contributed by atoms with Gasteiger partial charge in [0.1, 0.15) is 17.6 Å². The maximum Gasteiger partial charge on any atom is 0.142 e. The van der Waals surface area contributed by atoms with Gasteiger partial charge in [0.2, 0.25) is 0 Å². The molecule has 0 aliphatic heterocycles. The number of aromatic nitrogens is 1. The zero-order chi connectivity index (χ0) is 8.81. The topological polar surface area (TPSA) is 74.7 Å². The van der Waals surface area contributed by atoms with Crippen molar-refractivity contribution in [2.45, 2.75) is 0 Å². The van der Waals surface area contributed by atoms with E-state index in [1.54, 1.807) is 18.2 Å². The van der Waals surface area contributed by atoms with Crippen molar-refractivity contribution in [3.05, 3.63) is 23.9 Å². The molecule has 0 saturated carbocycles. The Morgan fingerprint density at radius 2 is 2.42 bits per heavy atom. The van der Waals surface area contributed by atoms with Crippen LogP contribution in [0.3, 0.4) is 0 Å². The number of pyridine rings is 1. The van der Waals surface area contributed by atoms with Crippen molar-refractivity contribution < 1.29 is 0 Å². The van der Waals surface area contributed by atoms with Gasteiger partial charge in [0.25, 0.3) is 0 Å². The molecule has 62 valence electrons. The van der Waals surface area contributed by atoms with Gasteiger partial charge in [-0.25, -0.2) is 4.98 Å². The van der Waals surface area contributed by atoms with E-state index in [0.717, 1.165) is 0 Å². The first kappa shape index (κ1) is 8.50. The number of hydrogen-bond donors (Lipinski definition) is 2. The lowest BCUT2D eigenvalue weighted by Crippen LogP contribution is -2.13. The minimum atomic E-state index is 0.414. The first-order valence-electron chi connectivity index (χ1n) is 3.68. The molecule has 0 unspecified atom stereocenters. The predicted molar refractivity (Wildman–Crippen MR) is 46.5 cm³/mol. The standard InChI is InChI=1S/C8H10N4/c9-4-5-11-8-3-1-2-7(6-10)12-8/h1-3H,4-5,9H2,(H,11,12).